The van der Waals surface area contributed by atoms with Crippen LogP contribution in [0.5, 0.6) is 17.2 Å². The predicted octanol–water partition coefficient (Wildman–Crippen LogP) is 3.36. The molecule has 40 heavy (non-hydrogen) atoms. The van der Waals surface area contributed by atoms with Crippen molar-refractivity contribution in [2.45, 2.75) is 26.3 Å². The summed E-state index contributed by atoms with van der Waals surface area (Å²) in [6.45, 7) is 3.09. The molecule has 0 saturated carbocycles. The van der Waals surface area contributed by atoms with Gasteiger partial charge in [0.2, 0.25) is 5.89 Å². The van der Waals surface area contributed by atoms with Crippen molar-refractivity contribution in [3.05, 3.63) is 95.9 Å². The fourth-order valence-corrected chi connectivity index (χ4v) is 4.11. The summed E-state index contributed by atoms with van der Waals surface area (Å²) in [5.74, 6) is 3.97. The molecular formula is C29H32N6O5. The van der Waals surface area contributed by atoms with Gasteiger partial charge in [0.15, 0.2) is 5.84 Å². The minimum atomic E-state index is -1.22. The monoisotopic (exact) mass is 544 g/mol. The number of aryl methyl sites for hydroxylation is 1. The first-order chi connectivity index (χ1) is 19.6. The highest BCUT2D eigenvalue weighted by molar-refractivity contribution is 5.84. The summed E-state index contributed by atoms with van der Waals surface area (Å²) in [4.78, 5) is 6.37. The normalized spacial score (nSPS) is 13.3. The van der Waals surface area contributed by atoms with Gasteiger partial charge in [0.05, 0.1) is 26.0 Å². The number of amidine groups is 1. The molecule has 4 N–H and O–H groups in total. The zero-order valence-corrected chi connectivity index (χ0v) is 22.3. The Labute approximate surface area is 232 Å². The van der Waals surface area contributed by atoms with Crippen molar-refractivity contribution < 1.29 is 23.7 Å². The number of aliphatic hydroxyl groups excluding tert-OH is 1. The van der Waals surface area contributed by atoms with Crippen LogP contribution in [0.2, 0.25) is 0 Å². The molecule has 0 fully saturated rings. The Bertz CT molecular complexity index is 1390. The van der Waals surface area contributed by atoms with Gasteiger partial charge in [-0.2, -0.15) is 0 Å². The van der Waals surface area contributed by atoms with Crippen LogP contribution in [0.15, 0.2) is 88.4 Å². The van der Waals surface area contributed by atoms with Gasteiger partial charge in [-0.1, -0.05) is 30.3 Å². The van der Waals surface area contributed by atoms with Gasteiger partial charge in [-0.3, -0.25) is 5.43 Å². The number of methoxy groups -OCH3 is 1. The molecule has 0 saturated heterocycles. The van der Waals surface area contributed by atoms with E-state index in [0.717, 1.165) is 28.3 Å². The zero-order chi connectivity index (χ0) is 27.7. The van der Waals surface area contributed by atoms with Crippen molar-refractivity contribution in [3.8, 4) is 28.7 Å². The third-order valence-corrected chi connectivity index (χ3v) is 6.25. The van der Waals surface area contributed by atoms with Crippen molar-refractivity contribution in [2.75, 3.05) is 20.3 Å². The standard InChI is InChI=1S/C29H32N6O5/c1-20-26(30-28(39-20)22-6-4-3-5-7-22)16-17-38-24-10-8-21(9-11-24)18-35(19-27-31-33-34-32-27)29(36)40-25-14-12-23(37-2)13-15-25/h3-15,29,33-34,36H,16-19H2,1-2H3,(H,31,32). The molecule has 208 valence electrons. The van der Waals surface area contributed by atoms with E-state index in [9.17, 15) is 5.11 Å². The van der Waals surface area contributed by atoms with E-state index in [1.54, 1.807) is 36.3 Å². The lowest BCUT2D eigenvalue weighted by Gasteiger charge is -2.27. The highest BCUT2D eigenvalue weighted by Crippen LogP contribution is 2.23. The third kappa shape index (κ3) is 7.08. The average Bonchev–Trinajstić information content (AvgIpc) is 3.64. The summed E-state index contributed by atoms with van der Waals surface area (Å²) in [5, 5.41) is 15.0. The molecule has 0 amide bonds. The van der Waals surface area contributed by atoms with Crippen molar-refractivity contribution in [2.24, 2.45) is 5.10 Å². The second-order valence-corrected chi connectivity index (χ2v) is 9.08. The fraction of sp³-hybridized carbons (Fsp3) is 0.241. The van der Waals surface area contributed by atoms with Gasteiger partial charge < -0.3 is 23.7 Å². The maximum Gasteiger partial charge on any atom is 0.260 e. The molecule has 1 aliphatic heterocycles. The van der Waals surface area contributed by atoms with Crippen LogP contribution in [0.25, 0.3) is 11.5 Å². The Morgan fingerprint density at radius 1 is 0.925 bits per heavy atom. The lowest BCUT2D eigenvalue weighted by Crippen LogP contribution is -2.46. The number of ether oxygens (including phenoxy) is 3. The van der Waals surface area contributed by atoms with Gasteiger partial charge in [0.1, 0.15) is 23.0 Å². The minimum Gasteiger partial charge on any atom is -0.497 e. The van der Waals surface area contributed by atoms with E-state index < -0.39 is 6.41 Å². The van der Waals surface area contributed by atoms with Gasteiger partial charge >= 0.3 is 0 Å². The largest absolute Gasteiger partial charge is 0.497 e. The average molecular weight is 545 g/mol. The number of nitrogens with zero attached hydrogens (tertiary/aromatic N) is 3. The maximum atomic E-state index is 10.9. The van der Waals surface area contributed by atoms with E-state index in [0.29, 0.717) is 49.3 Å². The molecular weight excluding hydrogens is 512 g/mol. The number of nitrogens with one attached hydrogen (secondary N) is 3. The van der Waals surface area contributed by atoms with E-state index in [1.807, 2.05) is 61.5 Å². The Balaban J connectivity index is 1.17. The van der Waals surface area contributed by atoms with Crippen LogP contribution in [0, 0.1) is 6.92 Å². The summed E-state index contributed by atoms with van der Waals surface area (Å²) in [7, 11) is 1.60. The van der Waals surface area contributed by atoms with Crippen LogP contribution in [-0.4, -0.2) is 47.5 Å². The number of rotatable bonds is 13. The van der Waals surface area contributed by atoms with Crippen molar-refractivity contribution in [1.82, 2.24) is 26.4 Å². The molecule has 2 heterocycles. The summed E-state index contributed by atoms with van der Waals surface area (Å²) >= 11 is 0. The second-order valence-electron chi connectivity index (χ2n) is 9.08. The van der Waals surface area contributed by atoms with Crippen LogP contribution in [0.3, 0.4) is 0 Å². The Morgan fingerprint density at radius 2 is 1.65 bits per heavy atom. The fourth-order valence-electron chi connectivity index (χ4n) is 4.11. The molecule has 3 aromatic carbocycles. The molecule has 1 aliphatic rings. The number of benzene rings is 3. The number of aromatic nitrogens is 1. The first kappa shape index (κ1) is 27.0. The molecule has 0 bridgehead atoms. The number of aliphatic hydroxyl groups is 1. The number of hydrogen-bond donors (Lipinski definition) is 4. The molecule has 1 unspecified atom stereocenters. The van der Waals surface area contributed by atoms with Crippen LogP contribution in [0.1, 0.15) is 17.0 Å². The molecule has 5 rings (SSSR count). The number of hydrogen-bond acceptors (Lipinski definition) is 11. The first-order valence-corrected chi connectivity index (χ1v) is 12.9. The summed E-state index contributed by atoms with van der Waals surface area (Å²) in [5.41, 5.74) is 11.0. The van der Waals surface area contributed by atoms with E-state index in [4.69, 9.17) is 18.6 Å². The number of hydrazone groups is 1. The van der Waals surface area contributed by atoms with E-state index in [1.165, 1.54) is 0 Å². The van der Waals surface area contributed by atoms with Gasteiger partial charge in [0, 0.05) is 18.5 Å². The van der Waals surface area contributed by atoms with Gasteiger partial charge in [-0.15, -0.1) is 10.6 Å². The Kier molecular flexibility index (Phi) is 8.76. The molecule has 1 aromatic heterocycles. The van der Waals surface area contributed by atoms with Crippen molar-refractivity contribution >= 4 is 5.84 Å². The van der Waals surface area contributed by atoms with Crippen LogP contribution in [-0.2, 0) is 13.0 Å². The predicted molar refractivity (Wildman–Crippen MR) is 149 cm³/mol. The van der Waals surface area contributed by atoms with Gasteiger partial charge in [0.25, 0.3) is 6.41 Å². The van der Waals surface area contributed by atoms with Crippen LogP contribution in [0.4, 0.5) is 0 Å². The molecule has 0 spiro atoms. The summed E-state index contributed by atoms with van der Waals surface area (Å²) < 4.78 is 22.8. The van der Waals surface area contributed by atoms with E-state index >= 15 is 0 Å². The van der Waals surface area contributed by atoms with Crippen molar-refractivity contribution in [3.63, 3.8) is 0 Å². The molecule has 11 nitrogen and oxygen atoms in total. The zero-order valence-electron chi connectivity index (χ0n) is 22.3. The highest BCUT2D eigenvalue weighted by Gasteiger charge is 2.22. The molecule has 0 aliphatic carbocycles. The third-order valence-electron chi connectivity index (χ3n) is 6.25. The van der Waals surface area contributed by atoms with E-state index in [2.05, 4.69) is 26.6 Å². The number of hydrazine groups is 2. The van der Waals surface area contributed by atoms with Crippen LogP contribution < -0.4 is 30.7 Å². The first-order valence-electron chi connectivity index (χ1n) is 12.9. The Morgan fingerprint density at radius 3 is 2.35 bits per heavy atom. The maximum absolute atomic E-state index is 10.9. The molecule has 4 aromatic rings. The lowest BCUT2D eigenvalue weighted by atomic mass is 10.2. The van der Waals surface area contributed by atoms with E-state index in [-0.39, 0.29) is 0 Å². The topological polar surface area (TPSA) is 126 Å². The Hall–Kier alpha value is -4.58. The van der Waals surface area contributed by atoms with Gasteiger partial charge in [-0.05, 0) is 61.0 Å². The SMILES string of the molecule is COc1ccc(OC(O)N(CC2=NNNN2)Cc2ccc(OCCc3nc(-c4ccccc4)oc3C)cc2)cc1. The summed E-state index contributed by atoms with van der Waals surface area (Å²) in [6.07, 6.45) is -0.593. The smallest absolute Gasteiger partial charge is 0.260 e. The minimum absolute atomic E-state index is 0.303. The molecule has 0 radical (unpaired) electrons. The highest BCUT2D eigenvalue weighted by atomic mass is 16.6. The quantitative estimate of drug-likeness (QED) is 0.186. The lowest BCUT2D eigenvalue weighted by molar-refractivity contribution is -0.133. The van der Waals surface area contributed by atoms with Crippen LogP contribution >= 0.6 is 0 Å². The van der Waals surface area contributed by atoms with Crippen molar-refractivity contribution in [1.29, 1.82) is 0 Å². The second kappa shape index (κ2) is 13.0. The number of oxazole rings is 1. The molecule has 11 heteroatoms. The van der Waals surface area contributed by atoms with Gasteiger partial charge in [-0.25, -0.2) is 15.4 Å². The summed E-state index contributed by atoms with van der Waals surface area (Å²) in [6, 6.07) is 24.6. The molecule has 1 atom stereocenters.